The number of aryl methyl sites for hydroxylation is 2. The summed E-state index contributed by atoms with van der Waals surface area (Å²) in [6, 6.07) is 16.2. The monoisotopic (exact) mass is 309 g/mol. The van der Waals surface area contributed by atoms with E-state index in [-0.39, 0.29) is 6.61 Å². The number of hydrogen-bond donors (Lipinski definition) is 1. The Morgan fingerprint density at radius 2 is 1.83 bits per heavy atom. The quantitative estimate of drug-likeness (QED) is 0.887. The van der Waals surface area contributed by atoms with Gasteiger partial charge < -0.3 is 5.11 Å². The highest BCUT2D eigenvalue weighted by atomic mass is 16.3. The summed E-state index contributed by atoms with van der Waals surface area (Å²) in [5, 5.41) is 9.10. The molecule has 23 heavy (non-hydrogen) atoms. The zero-order valence-corrected chi connectivity index (χ0v) is 14.3. The first-order valence-corrected chi connectivity index (χ1v) is 8.70. The highest BCUT2D eigenvalue weighted by molar-refractivity contribution is 5.65. The summed E-state index contributed by atoms with van der Waals surface area (Å²) >= 11 is 0. The molecule has 2 aromatic rings. The van der Waals surface area contributed by atoms with Crippen LogP contribution in [0.1, 0.15) is 42.0 Å². The molecule has 0 saturated carbocycles. The van der Waals surface area contributed by atoms with Crippen LogP contribution in [0.3, 0.4) is 0 Å². The van der Waals surface area contributed by atoms with Crippen molar-refractivity contribution in [2.75, 3.05) is 20.2 Å². The molecule has 0 spiro atoms. The smallest absolute Gasteiger partial charge is 0.0443 e. The minimum atomic E-state index is 0.271. The molecular weight excluding hydrogens is 282 g/mol. The maximum absolute atomic E-state index is 9.10. The predicted molar refractivity (Wildman–Crippen MR) is 96.6 cm³/mol. The lowest BCUT2D eigenvalue weighted by atomic mass is 9.85. The van der Waals surface area contributed by atoms with Gasteiger partial charge in [-0.15, -0.1) is 0 Å². The van der Waals surface area contributed by atoms with Gasteiger partial charge in [0.25, 0.3) is 0 Å². The number of hydrogen-bond acceptors (Lipinski definition) is 2. The fourth-order valence-corrected chi connectivity index (χ4v) is 3.63. The second kappa shape index (κ2) is 7.29. The minimum absolute atomic E-state index is 0.271. The summed E-state index contributed by atoms with van der Waals surface area (Å²) in [5.41, 5.74) is 6.88. The third kappa shape index (κ3) is 3.65. The van der Waals surface area contributed by atoms with E-state index in [9.17, 15) is 0 Å². The molecule has 1 aliphatic rings. The average Bonchev–Trinajstić information content (AvgIpc) is 2.59. The van der Waals surface area contributed by atoms with Gasteiger partial charge in [-0.2, -0.15) is 0 Å². The van der Waals surface area contributed by atoms with E-state index < -0.39 is 0 Å². The van der Waals surface area contributed by atoms with Crippen molar-refractivity contribution in [3.05, 3.63) is 59.2 Å². The van der Waals surface area contributed by atoms with E-state index in [0.29, 0.717) is 6.04 Å². The summed E-state index contributed by atoms with van der Waals surface area (Å²) in [4.78, 5) is 2.41. The van der Waals surface area contributed by atoms with Crippen LogP contribution < -0.4 is 0 Å². The lowest BCUT2D eigenvalue weighted by molar-refractivity contribution is 0.193. The molecular formula is C21H27NO. The van der Waals surface area contributed by atoms with Crippen molar-refractivity contribution in [3.63, 3.8) is 0 Å². The van der Waals surface area contributed by atoms with Crippen LogP contribution in [0.25, 0.3) is 11.1 Å². The van der Waals surface area contributed by atoms with Crippen molar-refractivity contribution in [2.45, 2.75) is 38.6 Å². The van der Waals surface area contributed by atoms with E-state index in [2.05, 4.69) is 61.3 Å². The van der Waals surface area contributed by atoms with Crippen molar-refractivity contribution in [2.24, 2.45) is 0 Å². The second-order valence-corrected chi connectivity index (χ2v) is 6.75. The van der Waals surface area contributed by atoms with Crippen LogP contribution in [0.4, 0.5) is 0 Å². The Morgan fingerprint density at radius 3 is 2.57 bits per heavy atom. The zero-order valence-electron chi connectivity index (χ0n) is 14.3. The van der Waals surface area contributed by atoms with Gasteiger partial charge >= 0.3 is 0 Å². The molecule has 2 heteroatoms. The number of nitrogens with zero attached hydrogens (tertiary/aromatic N) is 1. The highest BCUT2D eigenvalue weighted by Gasteiger charge is 2.23. The Morgan fingerprint density at radius 1 is 1.09 bits per heavy atom. The Labute approximate surface area is 139 Å². The van der Waals surface area contributed by atoms with Crippen molar-refractivity contribution in [1.29, 1.82) is 0 Å². The molecule has 1 aliphatic carbocycles. The van der Waals surface area contributed by atoms with E-state index in [4.69, 9.17) is 5.11 Å². The van der Waals surface area contributed by atoms with Gasteiger partial charge in [0.15, 0.2) is 0 Å². The molecule has 0 radical (unpaired) electrons. The lowest BCUT2D eigenvalue weighted by Gasteiger charge is -2.33. The van der Waals surface area contributed by atoms with Crippen LogP contribution in [0, 0.1) is 6.92 Å². The van der Waals surface area contributed by atoms with Gasteiger partial charge in [0.2, 0.25) is 0 Å². The van der Waals surface area contributed by atoms with E-state index in [1.165, 1.54) is 47.1 Å². The molecule has 3 rings (SSSR count). The van der Waals surface area contributed by atoms with Gasteiger partial charge in [-0.1, -0.05) is 42.0 Å². The molecule has 1 atom stereocenters. The summed E-state index contributed by atoms with van der Waals surface area (Å²) < 4.78 is 0. The first-order valence-electron chi connectivity index (χ1n) is 8.70. The van der Waals surface area contributed by atoms with Crippen LogP contribution >= 0.6 is 0 Å². The van der Waals surface area contributed by atoms with Crippen LogP contribution in [0.15, 0.2) is 42.5 Å². The Bertz CT molecular complexity index is 647. The number of benzene rings is 2. The maximum atomic E-state index is 9.10. The summed E-state index contributed by atoms with van der Waals surface area (Å²) in [5.74, 6) is 0. The third-order valence-electron chi connectivity index (χ3n) is 5.01. The summed E-state index contributed by atoms with van der Waals surface area (Å²) in [7, 11) is 2.19. The van der Waals surface area contributed by atoms with E-state index in [1.54, 1.807) is 0 Å². The van der Waals surface area contributed by atoms with Gasteiger partial charge in [-0.05, 0) is 68.0 Å². The Hall–Kier alpha value is -1.64. The summed E-state index contributed by atoms with van der Waals surface area (Å²) in [6.07, 6.45) is 4.51. The molecule has 0 fully saturated rings. The SMILES string of the molecule is Cc1ccc(-c2ccc3c(c2)C(N(C)CCCO)CCC3)cc1. The lowest BCUT2D eigenvalue weighted by Crippen LogP contribution is -2.29. The molecule has 0 bridgehead atoms. The largest absolute Gasteiger partial charge is 0.396 e. The van der Waals surface area contributed by atoms with Crippen molar-refractivity contribution >= 4 is 0 Å². The van der Waals surface area contributed by atoms with Crippen LogP contribution in [-0.4, -0.2) is 30.2 Å². The van der Waals surface area contributed by atoms with Gasteiger partial charge in [-0.3, -0.25) is 4.90 Å². The van der Waals surface area contributed by atoms with Crippen molar-refractivity contribution < 1.29 is 5.11 Å². The van der Waals surface area contributed by atoms with Gasteiger partial charge in [0.05, 0.1) is 0 Å². The molecule has 1 N–H and O–H groups in total. The molecule has 1 unspecified atom stereocenters. The fraction of sp³-hybridized carbons (Fsp3) is 0.429. The van der Waals surface area contributed by atoms with Crippen LogP contribution in [0.5, 0.6) is 0 Å². The average molecular weight is 309 g/mol. The fourth-order valence-electron chi connectivity index (χ4n) is 3.63. The molecule has 0 aromatic heterocycles. The maximum Gasteiger partial charge on any atom is 0.0443 e. The number of aliphatic hydroxyl groups excluding tert-OH is 1. The van der Waals surface area contributed by atoms with Crippen LogP contribution in [-0.2, 0) is 6.42 Å². The van der Waals surface area contributed by atoms with Gasteiger partial charge in [0.1, 0.15) is 0 Å². The number of aliphatic hydroxyl groups is 1. The molecule has 0 heterocycles. The number of fused-ring (bicyclic) bond motifs is 1. The van der Waals surface area contributed by atoms with Gasteiger partial charge in [-0.25, -0.2) is 0 Å². The minimum Gasteiger partial charge on any atom is -0.396 e. The molecule has 2 nitrogen and oxygen atoms in total. The first-order chi connectivity index (χ1) is 11.2. The van der Waals surface area contributed by atoms with Crippen LogP contribution in [0.2, 0.25) is 0 Å². The predicted octanol–water partition coefficient (Wildman–Crippen LogP) is 4.35. The third-order valence-corrected chi connectivity index (χ3v) is 5.01. The number of rotatable bonds is 5. The highest BCUT2D eigenvalue weighted by Crippen LogP contribution is 2.36. The molecule has 0 saturated heterocycles. The standard InChI is InChI=1S/C21H27NO/c1-16-7-9-17(10-8-16)19-12-11-18-5-3-6-21(20(18)15-19)22(2)13-4-14-23/h7-12,15,21,23H,3-6,13-14H2,1-2H3. The Balaban J connectivity index is 1.91. The van der Waals surface area contributed by atoms with E-state index in [0.717, 1.165) is 13.0 Å². The van der Waals surface area contributed by atoms with Crippen molar-refractivity contribution in [3.8, 4) is 11.1 Å². The Kier molecular flexibility index (Phi) is 5.14. The van der Waals surface area contributed by atoms with Gasteiger partial charge in [0, 0.05) is 19.2 Å². The molecule has 0 aliphatic heterocycles. The van der Waals surface area contributed by atoms with E-state index >= 15 is 0 Å². The normalized spacial score (nSPS) is 17.3. The molecule has 2 aromatic carbocycles. The second-order valence-electron chi connectivity index (χ2n) is 6.75. The molecule has 0 amide bonds. The van der Waals surface area contributed by atoms with Crippen molar-refractivity contribution in [1.82, 2.24) is 4.90 Å². The zero-order chi connectivity index (χ0) is 16.2. The molecule has 122 valence electrons. The van der Waals surface area contributed by atoms with E-state index in [1.807, 2.05) is 0 Å². The summed E-state index contributed by atoms with van der Waals surface area (Å²) in [6.45, 7) is 3.35. The first kappa shape index (κ1) is 16.2. The topological polar surface area (TPSA) is 23.5 Å².